The number of aryl methyl sites for hydroxylation is 1. The molecule has 0 fully saturated rings. The Hall–Kier alpha value is -4.02. The van der Waals surface area contributed by atoms with E-state index in [0.717, 1.165) is 11.4 Å². The molecule has 4 amide bonds. The molecule has 37 heavy (non-hydrogen) atoms. The van der Waals surface area contributed by atoms with E-state index in [2.05, 4.69) is 31.2 Å². The van der Waals surface area contributed by atoms with Crippen molar-refractivity contribution in [3.8, 4) is 11.4 Å². The minimum absolute atomic E-state index is 0.166. The van der Waals surface area contributed by atoms with Gasteiger partial charge in [-0.3, -0.25) is 19.4 Å². The second-order valence-corrected chi connectivity index (χ2v) is 9.72. The Bertz CT molecular complexity index is 1130. The molecule has 0 unspecified atom stereocenters. The van der Waals surface area contributed by atoms with Gasteiger partial charge in [0.25, 0.3) is 0 Å². The van der Waals surface area contributed by atoms with Crippen LogP contribution in [-0.4, -0.2) is 57.5 Å². The third-order valence-electron chi connectivity index (χ3n) is 5.03. The van der Waals surface area contributed by atoms with Crippen LogP contribution in [0.4, 0.5) is 4.79 Å². The lowest BCUT2D eigenvalue weighted by atomic mass is 10.2. The molecule has 2 rings (SSSR count). The number of pyridine rings is 2. The lowest BCUT2D eigenvalue weighted by molar-refractivity contribution is -0.131. The molecule has 0 aliphatic rings. The minimum atomic E-state index is -0.939. The molecule has 0 aromatic carbocycles. The molecule has 2 aromatic heterocycles. The zero-order valence-corrected chi connectivity index (χ0v) is 22.3. The van der Waals surface area contributed by atoms with Gasteiger partial charge in [-0.1, -0.05) is 12.1 Å². The van der Waals surface area contributed by atoms with Crippen LogP contribution < -0.4 is 21.3 Å². The molecule has 0 aliphatic heterocycles. The van der Waals surface area contributed by atoms with Gasteiger partial charge in [-0.25, -0.2) is 9.78 Å². The van der Waals surface area contributed by atoms with Crippen molar-refractivity contribution >= 4 is 23.8 Å². The highest BCUT2D eigenvalue weighted by Crippen LogP contribution is 2.15. The lowest BCUT2D eigenvalue weighted by Crippen LogP contribution is -2.54. The summed E-state index contributed by atoms with van der Waals surface area (Å²) in [5, 5.41) is 10.2. The van der Waals surface area contributed by atoms with Crippen LogP contribution in [0.1, 0.15) is 52.9 Å². The molecule has 0 saturated heterocycles. The predicted octanol–water partition coefficient (Wildman–Crippen LogP) is 1.99. The fraction of sp³-hybridized carbons (Fsp3) is 0.462. The van der Waals surface area contributed by atoms with E-state index < -0.39 is 47.5 Å². The van der Waals surface area contributed by atoms with Crippen LogP contribution in [0.5, 0.6) is 0 Å². The van der Waals surface area contributed by atoms with Gasteiger partial charge in [0, 0.05) is 5.69 Å². The Morgan fingerprint density at radius 2 is 1.30 bits per heavy atom. The predicted molar refractivity (Wildman–Crippen MR) is 138 cm³/mol. The number of alkyl carbamates (subject to hydrolysis) is 1. The Morgan fingerprint density at radius 3 is 1.86 bits per heavy atom. The zero-order valence-electron chi connectivity index (χ0n) is 22.3. The molecule has 4 N–H and O–H groups in total. The van der Waals surface area contributed by atoms with Gasteiger partial charge in [-0.05, 0) is 72.7 Å². The van der Waals surface area contributed by atoms with Crippen LogP contribution in [0.2, 0.25) is 0 Å². The van der Waals surface area contributed by atoms with Crippen molar-refractivity contribution in [2.75, 3.05) is 0 Å². The highest BCUT2D eigenvalue weighted by Gasteiger charge is 2.25. The van der Waals surface area contributed by atoms with Gasteiger partial charge in [0.05, 0.1) is 23.6 Å². The first kappa shape index (κ1) is 29.2. The lowest BCUT2D eigenvalue weighted by Gasteiger charge is -2.23. The molecule has 11 heteroatoms. The third kappa shape index (κ3) is 9.86. The van der Waals surface area contributed by atoms with Crippen molar-refractivity contribution in [3.05, 3.63) is 47.8 Å². The van der Waals surface area contributed by atoms with Crippen molar-refractivity contribution in [2.45, 2.75) is 78.7 Å². The quantitative estimate of drug-likeness (QED) is 0.401. The maximum absolute atomic E-state index is 12.5. The van der Waals surface area contributed by atoms with Crippen LogP contribution in [-0.2, 0) is 25.7 Å². The standard InChI is InChI=1S/C26H36N6O5/c1-15-10-8-12-20(28-15)21-13-9-11-19(32-21)14-27-22(33)16(2)29-23(34)17(3)30-24(35)18(4)31-25(36)37-26(5,6)7/h8-13,16-18H,14H2,1-7H3,(H,27,33)(H,29,34)(H,30,35)(H,31,36)/t16-,17-,18-/m0/s1. The fourth-order valence-electron chi connectivity index (χ4n) is 3.09. The Balaban J connectivity index is 1.83. The normalized spacial score (nSPS) is 13.5. The summed E-state index contributed by atoms with van der Waals surface area (Å²) in [6.45, 7) is 11.7. The number of carbonyl (C=O) groups excluding carboxylic acids is 4. The highest BCUT2D eigenvalue weighted by molar-refractivity contribution is 5.93. The van der Waals surface area contributed by atoms with Gasteiger partial charge >= 0.3 is 6.09 Å². The summed E-state index contributed by atoms with van der Waals surface area (Å²) >= 11 is 0. The Morgan fingerprint density at radius 1 is 0.784 bits per heavy atom. The van der Waals surface area contributed by atoms with Crippen LogP contribution in [0.3, 0.4) is 0 Å². The van der Waals surface area contributed by atoms with Crippen LogP contribution in [0.25, 0.3) is 11.4 Å². The van der Waals surface area contributed by atoms with E-state index in [4.69, 9.17) is 4.74 Å². The summed E-state index contributed by atoms with van der Waals surface area (Å²) in [5.74, 6) is -1.53. The van der Waals surface area contributed by atoms with E-state index in [1.165, 1.54) is 20.8 Å². The summed E-state index contributed by atoms with van der Waals surface area (Å²) in [7, 11) is 0. The van der Waals surface area contributed by atoms with Crippen molar-refractivity contribution in [1.29, 1.82) is 0 Å². The SMILES string of the molecule is Cc1cccc(-c2cccc(CNC(=O)[C@H](C)NC(=O)[C@H](C)NC(=O)[C@H](C)NC(=O)OC(C)(C)C)n2)n1. The van der Waals surface area contributed by atoms with Crippen LogP contribution in [0.15, 0.2) is 36.4 Å². The third-order valence-corrected chi connectivity index (χ3v) is 5.03. The maximum Gasteiger partial charge on any atom is 0.408 e. The molecule has 0 radical (unpaired) electrons. The monoisotopic (exact) mass is 512 g/mol. The largest absolute Gasteiger partial charge is 0.444 e. The number of hydrogen-bond acceptors (Lipinski definition) is 7. The van der Waals surface area contributed by atoms with E-state index >= 15 is 0 Å². The summed E-state index contributed by atoms with van der Waals surface area (Å²) < 4.78 is 5.12. The smallest absolute Gasteiger partial charge is 0.408 e. The van der Waals surface area contributed by atoms with E-state index in [1.807, 2.05) is 37.3 Å². The molecule has 0 spiro atoms. The number of amides is 4. The molecule has 2 heterocycles. The zero-order chi connectivity index (χ0) is 27.8. The topological polar surface area (TPSA) is 151 Å². The van der Waals surface area contributed by atoms with E-state index in [-0.39, 0.29) is 6.54 Å². The highest BCUT2D eigenvalue weighted by atomic mass is 16.6. The molecule has 0 saturated carbocycles. The van der Waals surface area contributed by atoms with E-state index in [1.54, 1.807) is 26.8 Å². The molecule has 0 aliphatic carbocycles. The molecule has 11 nitrogen and oxygen atoms in total. The minimum Gasteiger partial charge on any atom is -0.444 e. The summed E-state index contributed by atoms with van der Waals surface area (Å²) in [5.41, 5.74) is 2.24. The number of hydrogen-bond donors (Lipinski definition) is 4. The van der Waals surface area contributed by atoms with Crippen molar-refractivity contribution in [2.24, 2.45) is 0 Å². The Labute approximate surface area is 217 Å². The molecule has 2 aromatic rings. The number of aromatic nitrogens is 2. The van der Waals surface area contributed by atoms with Crippen molar-refractivity contribution in [3.63, 3.8) is 0 Å². The first-order valence-corrected chi connectivity index (χ1v) is 12.0. The van der Waals surface area contributed by atoms with Gasteiger partial charge in [0.1, 0.15) is 23.7 Å². The molecular formula is C26H36N6O5. The number of ether oxygens (including phenoxy) is 1. The van der Waals surface area contributed by atoms with E-state index in [9.17, 15) is 19.2 Å². The Kier molecular flexibility index (Phi) is 10.1. The van der Waals surface area contributed by atoms with Crippen LogP contribution in [0, 0.1) is 6.92 Å². The van der Waals surface area contributed by atoms with Gasteiger partial charge in [-0.15, -0.1) is 0 Å². The van der Waals surface area contributed by atoms with Gasteiger partial charge in [0.2, 0.25) is 17.7 Å². The molecule has 200 valence electrons. The molecule has 3 atom stereocenters. The summed E-state index contributed by atoms with van der Waals surface area (Å²) in [6, 6.07) is 8.41. The first-order valence-electron chi connectivity index (χ1n) is 12.0. The summed E-state index contributed by atoms with van der Waals surface area (Å²) in [4.78, 5) is 58.2. The second kappa shape index (κ2) is 12.8. The number of nitrogens with zero attached hydrogens (tertiary/aromatic N) is 2. The average Bonchev–Trinajstić information content (AvgIpc) is 2.81. The number of rotatable bonds is 9. The average molecular weight is 513 g/mol. The van der Waals surface area contributed by atoms with Crippen molar-refractivity contribution in [1.82, 2.24) is 31.2 Å². The number of carbonyl (C=O) groups is 4. The van der Waals surface area contributed by atoms with E-state index in [0.29, 0.717) is 11.4 Å². The maximum atomic E-state index is 12.5. The van der Waals surface area contributed by atoms with Crippen molar-refractivity contribution < 1.29 is 23.9 Å². The number of nitrogens with one attached hydrogen (secondary N) is 4. The second-order valence-electron chi connectivity index (χ2n) is 9.72. The van der Waals surface area contributed by atoms with Gasteiger partial charge < -0.3 is 26.0 Å². The fourth-order valence-corrected chi connectivity index (χ4v) is 3.09. The molecular weight excluding hydrogens is 476 g/mol. The molecule has 0 bridgehead atoms. The first-order chi connectivity index (χ1) is 17.2. The van der Waals surface area contributed by atoms with Gasteiger partial charge in [0.15, 0.2) is 0 Å². The summed E-state index contributed by atoms with van der Waals surface area (Å²) in [6.07, 6.45) is -0.743. The van der Waals surface area contributed by atoms with Gasteiger partial charge in [-0.2, -0.15) is 0 Å². The van der Waals surface area contributed by atoms with Crippen LogP contribution >= 0.6 is 0 Å².